The van der Waals surface area contributed by atoms with Crippen LogP contribution >= 0.6 is 0 Å². The highest BCUT2D eigenvalue weighted by atomic mass is 16.4. The summed E-state index contributed by atoms with van der Waals surface area (Å²) in [6.07, 6.45) is 2.92. The molecule has 0 saturated carbocycles. The predicted octanol–water partition coefficient (Wildman–Crippen LogP) is 0.746. The lowest BCUT2D eigenvalue weighted by molar-refractivity contribution is -0.147. The lowest BCUT2D eigenvalue weighted by Gasteiger charge is -2.27. The van der Waals surface area contributed by atoms with E-state index in [-0.39, 0.29) is 5.91 Å². The Bertz CT molecular complexity index is 287. The molecule has 0 spiro atoms. The van der Waals surface area contributed by atoms with E-state index in [0.29, 0.717) is 18.8 Å². The van der Waals surface area contributed by atoms with Crippen LogP contribution in [0.2, 0.25) is 0 Å². The zero-order valence-electron chi connectivity index (χ0n) is 10.6. The minimum atomic E-state index is -1.14. The van der Waals surface area contributed by atoms with Gasteiger partial charge in [0.2, 0.25) is 5.91 Å². The highest BCUT2D eigenvalue weighted by Gasteiger charge is 2.33. The Labute approximate surface area is 102 Å². The molecule has 5 heteroatoms. The quantitative estimate of drug-likeness (QED) is 0.664. The third-order valence-corrected chi connectivity index (χ3v) is 3.47. The molecule has 0 aromatic rings. The fourth-order valence-corrected chi connectivity index (χ4v) is 2.01. The average Bonchev–Trinajstić information content (AvgIpc) is 2.29. The van der Waals surface area contributed by atoms with Gasteiger partial charge in [0.05, 0.1) is 0 Å². The van der Waals surface area contributed by atoms with E-state index in [2.05, 4.69) is 10.6 Å². The maximum atomic E-state index is 11.8. The van der Waals surface area contributed by atoms with Crippen LogP contribution in [0.25, 0.3) is 0 Å². The SMILES string of the molecule is CCC(C)(NC(=O)CC1CCCNC1)C(=O)O. The molecule has 2 atom stereocenters. The molecule has 1 aliphatic heterocycles. The van der Waals surface area contributed by atoms with Gasteiger partial charge in [-0.25, -0.2) is 4.79 Å². The first-order valence-corrected chi connectivity index (χ1v) is 6.23. The number of nitrogens with one attached hydrogen (secondary N) is 2. The molecule has 2 unspecified atom stereocenters. The Hall–Kier alpha value is -1.10. The van der Waals surface area contributed by atoms with Gasteiger partial charge in [-0.2, -0.15) is 0 Å². The van der Waals surface area contributed by atoms with E-state index in [1.165, 1.54) is 0 Å². The van der Waals surface area contributed by atoms with Crippen molar-refractivity contribution in [1.82, 2.24) is 10.6 Å². The fraction of sp³-hybridized carbons (Fsp3) is 0.833. The highest BCUT2D eigenvalue weighted by molar-refractivity contribution is 5.86. The molecule has 5 nitrogen and oxygen atoms in total. The number of amides is 1. The number of carboxylic acids is 1. The number of piperidine rings is 1. The van der Waals surface area contributed by atoms with Crippen LogP contribution in [0.5, 0.6) is 0 Å². The number of hydrogen-bond acceptors (Lipinski definition) is 3. The number of hydrogen-bond donors (Lipinski definition) is 3. The molecule has 1 heterocycles. The molecule has 98 valence electrons. The third-order valence-electron chi connectivity index (χ3n) is 3.47. The lowest BCUT2D eigenvalue weighted by Crippen LogP contribution is -2.52. The number of carbonyl (C=O) groups is 2. The summed E-state index contributed by atoms with van der Waals surface area (Å²) in [6.45, 7) is 5.17. The van der Waals surface area contributed by atoms with Crippen molar-refractivity contribution in [2.24, 2.45) is 5.92 Å². The summed E-state index contributed by atoms with van der Waals surface area (Å²) in [4.78, 5) is 22.8. The van der Waals surface area contributed by atoms with Crippen molar-refractivity contribution >= 4 is 11.9 Å². The van der Waals surface area contributed by atoms with Crippen molar-refractivity contribution in [3.05, 3.63) is 0 Å². The summed E-state index contributed by atoms with van der Waals surface area (Å²) in [7, 11) is 0. The van der Waals surface area contributed by atoms with Gasteiger partial charge in [0.15, 0.2) is 0 Å². The molecule has 1 aliphatic rings. The van der Waals surface area contributed by atoms with Crippen molar-refractivity contribution in [3.8, 4) is 0 Å². The van der Waals surface area contributed by atoms with E-state index in [9.17, 15) is 9.59 Å². The summed E-state index contributed by atoms with van der Waals surface area (Å²) in [5, 5.41) is 14.9. The molecule has 0 aliphatic carbocycles. The van der Waals surface area contributed by atoms with Crippen molar-refractivity contribution in [3.63, 3.8) is 0 Å². The van der Waals surface area contributed by atoms with Gasteiger partial charge in [-0.05, 0) is 45.2 Å². The number of rotatable bonds is 5. The Morgan fingerprint density at radius 2 is 2.24 bits per heavy atom. The van der Waals surface area contributed by atoms with Gasteiger partial charge in [-0.15, -0.1) is 0 Å². The van der Waals surface area contributed by atoms with Crippen molar-refractivity contribution in [1.29, 1.82) is 0 Å². The van der Waals surface area contributed by atoms with Crippen LogP contribution in [0.4, 0.5) is 0 Å². The Morgan fingerprint density at radius 1 is 1.53 bits per heavy atom. The molecule has 0 aromatic carbocycles. The molecule has 0 radical (unpaired) electrons. The zero-order valence-corrected chi connectivity index (χ0v) is 10.6. The van der Waals surface area contributed by atoms with Crippen molar-refractivity contribution in [2.75, 3.05) is 13.1 Å². The zero-order chi connectivity index (χ0) is 12.9. The summed E-state index contributed by atoms with van der Waals surface area (Å²) in [5.41, 5.74) is -1.14. The first kappa shape index (κ1) is 14.0. The number of carboxylic acid groups (broad SMARTS) is 1. The van der Waals surface area contributed by atoms with E-state index in [1.807, 2.05) is 0 Å². The molecule has 1 saturated heterocycles. The van der Waals surface area contributed by atoms with E-state index < -0.39 is 11.5 Å². The van der Waals surface area contributed by atoms with Crippen molar-refractivity contribution in [2.45, 2.75) is 45.1 Å². The molecule has 1 fully saturated rings. The predicted molar refractivity (Wildman–Crippen MR) is 64.7 cm³/mol. The van der Waals surface area contributed by atoms with Gasteiger partial charge in [-0.1, -0.05) is 6.92 Å². The minimum absolute atomic E-state index is 0.162. The molecule has 0 bridgehead atoms. The largest absolute Gasteiger partial charge is 0.480 e. The van der Waals surface area contributed by atoms with E-state index in [0.717, 1.165) is 25.9 Å². The van der Waals surface area contributed by atoms with Crippen LogP contribution in [0.1, 0.15) is 39.5 Å². The summed E-state index contributed by atoms with van der Waals surface area (Å²) in [6, 6.07) is 0. The van der Waals surface area contributed by atoms with E-state index in [1.54, 1.807) is 13.8 Å². The monoisotopic (exact) mass is 242 g/mol. The molecule has 1 rings (SSSR count). The lowest BCUT2D eigenvalue weighted by atomic mass is 9.94. The van der Waals surface area contributed by atoms with Crippen LogP contribution in [-0.2, 0) is 9.59 Å². The second-order valence-corrected chi connectivity index (χ2v) is 4.96. The van der Waals surface area contributed by atoms with Gasteiger partial charge in [0.25, 0.3) is 0 Å². The summed E-state index contributed by atoms with van der Waals surface area (Å²) >= 11 is 0. The second-order valence-electron chi connectivity index (χ2n) is 4.96. The molecule has 1 amide bonds. The van der Waals surface area contributed by atoms with E-state index in [4.69, 9.17) is 5.11 Å². The second kappa shape index (κ2) is 6.00. The van der Waals surface area contributed by atoms with Crippen LogP contribution in [0.15, 0.2) is 0 Å². The highest BCUT2D eigenvalue weighted by Crippen LogP contribution is 2.16. The molecular formula is C12H22N2O3. The molecule has 17 heavy (non-hydrogen) atoms. The molecular weight excluding hydrogens is 220 g/mol. The minimum Gasteiger partial charge on any atom is -0.480 e. The smallest absolute Gasteiger partial charge is 0.329 e. The van der Waals surface area contributed by atoms with Gasteiger partial charge in [0, 0.05) is 6.42 Å². The maximum Gasteiger partial charge on any atom is 0.329 e. The average molecular weight is 242 g/mol. The number of aliphatic carboxylic acids is 1. The number of carbonyl (C=O) groups excluding carboxylic acids is 1. The molecule has 3 N–H and O–H groups in total. The van der Waals surface area contributed by atoms with Crippen molar-refractivity contribution < 1.29 is 14.7 Å². The summed E-state index contributed by atoms with van der Waals surface area (Å²) in [5.74, 6) is -0.806. The summed E-state index contributed by atoms with van der Waals surface area (Å²) < 4.78 is 0. The fourth-order valence-electron chi connectivity index (χ4n) is 2.01. The van der Waals surface area contributed by atoms with Crippen LogP contribution < -0.4 is 10.6 Å². The Kier molecular flexibility index (Phi) is 4.93. The Balaban J connectivity index is 2.44. The normalized spacial score (nSPS) is 23.8. The first-order chi connectivity index (χ1) is 7.98. The van der Waals surface area contributed by atoms with Crippen LogP contribution in [-0.4, -0.2) is 35.6 Å². The Morgan fingerprint density at radius 3 is 2.71 bits per heavy atom. The topological polar surface area (TPSA) is 78.4 Å². The van der Waals surface area contributed by atoms with Gasteiger partial charge >= 0.3 is 5.97 Å². The van der Waals surface area contributed by atoms with Crippen LogP contribution in [0, 0.1) is 5.92 Å². The van der Waals surface area contributed by atoms with Crippen LogP contribution in [0.3, 0.4) is 0 Å². The molecule has 0 aromatic heterocycles. The maximum absolute atomic E-state index is 11.8. The van der Waals surface area contributed by atoms with Gasteiger partial charge in [0.1, 0.15) is 5.54 Å². The third kappa shape index (κ3) is 4.00. The first-order valence-electron chi connectivity index (χ1n) is 6.23. The van der Waals surface area contributed by atoms with Gasteiger partial charge in [-0.3, -0.25) is 4.79 Å². The van der Waals surface area contributed by atoms with E-state index >= 15 is 0 Å². The standard InChI is InChI=1S/C12H22N2O3/c1-3-12(2,11(16)17)14-10(15)7-9-5-4-6-13-8-9/h9,13H,3-8H2,1-2H3,(H,14,15)(H,16,17). The van der Waals surface area contributed by atoms with Gasteiger partial charge < -0.3 is 15.7 Å².